The summed E-state index contributed by atoms with van der Waals surface area (Å²) in [7, 11) is 0. The molecule has 1 aliphatic carbocycles. The summed E-state index contributed by atoms with van der Waals surface area (Å²) < 4.78 is 0. The maximum absolute atomic E-state index is 12.0. The zero-order valence-corrected chi connectivity index (χ0v) is 12.0. The molecule has 1 fully saturated rings. The van der Waals surface area contributed by atoms with Crippen molar-refractivity contribution in [2.45, 2.75) is 38.2 Å². The van der Waals surface area contributed by atoms with Gasteiger partial charge in [0, 0.05) is 24.2 Å². The van der Waals surface area contributed by atoms with Gasteiger partial charge < -0.3 is 10.4 Å². The summed E-state index contributed by atoms with van der Waals surface area (Å²) in [6.45, 7) is 2.27. The van der Waals surface area contributed by atoms with Gasteiger partial charge in [0.25, 0.3) is 11.6 Å². The molecule has 2 N–H and O–H groups in total. The first-order chi connectivity index (χ1) is 9.89. The molecule has 1 aromatic rings. The van der Waals surface area contributed by atoms with Crippen molar-refractivity contribution >= 4 is 11.6 Å². The van der Waals surface area contributed by atoms with Crippen molar-refractivity contribution < 1.29 is 14.8 Å². The van der Waals surface area contributed by atoms with Crippen LogP contribution in [0.15, 0.2) is 24.3 Å². The molecule has 2 unspecified atom stereocenters. The fraction of sp³-hybridized carbons (Fsp3) is 0.533. The van der Waals surface area contributed by atoms with E-state index in [-0.39, 0.29) is 17.8 Å². The molecular formula is C15H20N2O4. The predicted octanol–water partition coefficient (Wildman–Crippen LogP) is 2.27. The number of non-ortho nitro benzene ring substituents is 1. The van der Waals surface area contributed by atoms with E-state index >= 15 is 0 Å². The highest BCUT2D eigenvalue weighted by atomic mass is 16.6. The zero-order chi connectivity index (χ0) is 15.5. The molecule has 2 atom stereocenters. The lowest BCUT2D eigenvalue weighted by Gasteiger charge is -2.35. The molecule has 0 radical (unpaired) electrons. The van der Waals surface area contributed by atoms with E-state index in [0.717, 1.165) is 12.8 Å². The molecule has 1 aliphatic rings. The fourth-order valence-electron chi connectivity index (χ4n) is 2.90. The smallest absolute Gasteiger partial charge is 0.270 e. The lowest BCUT2D eigenvalue weighted by atomic mass is 9.79. The van der Waals surface area contributed by atoms with Crippen LogP contribution < -0.4 is 5.32 Å². The molecule has 21 heavy (non-hydrogen) atoms. The van der Waals surface area contributed by atoms with Gasteiger partial charge in [0.15, 0.2) is 0 Å². The largest absolute Gasteiger partial charge is 0.388 e. The highest BCUT2D eigenvalue weighted by Gasteiger charge is 2.32. The number of hydrogen-bond acceptors (Lipinski definition) is 4. The Hall–Kier alpha value is -1.95. The van der Waals surface area contributed by atoms with Crippen LogP contribution in [-0.4, -0.2) is 28.1 Å². The quantitative estimate of drug-likeness (QED) is 0.657. The maximum Gasteiger partial charge on any atom is 0.270 e. The van der Waals surface area contributed by atoms with Gasteiger partial charge in [-0.05, 0) is 24.8 Å². The highest BCUT2D eigenvalue weighted by Crippen LogP contribution is 2.31. The van der Waals surface area contributed by atoms with E-state index in [0.29, 0.717) is 18.8 Å². The van der Waals surface area contributed by atoms with E-state index in [1.54, 1.807) is 0 Å². The van der Waals surface area contributed by atoms with Crippen molar-refractivity contribution in [3.05, 3.63) is 39.9 Å². The van der Waals surface area contributed by atoms with Gasteiger partial charge in [0.2, 0.25) is 0 Å². The number of amides is 1. The summed E-state index contributed by atoms with van der Waals surface area (Å²) >= 11 is 0. The van der Waals surface area contributed by atoms with Crippen LogP contribution in [0.3, 0.4) is 0 Å². The van der Waals surface area contributed by atoms with Crippen molar-refractivity contribution in [3.8, 4) is 0 Å². The second kappa shape index (κ2) is 6.22. The van der Waals surface area contributed by atoms with Gasteiger partial charge in [-0.1, -0.05) is 25.8 Å². The number of aliphatic hydroxyl groups is 1. The number of carbonyl (C=O) groups excluding carboxylic acids is 1. The molecule has 2 rings (SSSR count). The number of nitro benzene ring substituents is 1. The maximum atomic E-state index is 12.0. The summed E-state index contributed by atoms with van der Waals surface area (Å²) in [4.78, 5) is 22.2. The molecule has 6 heteroatoms. The second-order valence-electron chi connectivity index (χ2n) is 5.92. The topological polar surface area (TPSA) is 92.5 Å². The Bertz CT molecular complexity index is 546. The monoisotopic (exact) mass is 292 g/mol. The predicted molar refractivity (Wildman–Crippen MR) is 78.0 cm³/mol. The third-order valence-corrected chi connectivity index (χ3v) is 3.96. The molecule has 6 nitrogen and oxygen atoms in total. The number of carbonyl (C=O) groups is 1. The summed E-state index contributed by atoms with van der Waals surface area (Å²) in [5.41, 5.74) is -0.752. The second-order valence-corrected chi connectivity index (χ2v) is 5.92. The van der Waals surface area contributed by atoms with Crippen LogP contribution in [-0.2, 0) is 0 Å². The Balaban J connectivity index is 1.98. The molecule has 0 heterocycles. The SMILES string of the molecule is CC1CCCC(O)(CNC(=O)c2cccc([N+](=O)[O-])c2)C1. The lowest BCUT2D eigenvalue weighted by Crippen LogP contribution is -2.45. The Morgan fingerprint density at radius 2 is 2.33 bits per heavy atom. The number of nitrogens with zero attached hydrogens (tertiary/aromatic N) is 1. The minimum absolute atomic E-state index is 0.118. The Morgan fingerprint density at radius 3 is 3.00 bits per heavy atom. The first-order valence-corrected chi connectivity index (χ1v) is 7.15. The molecule has 1 aromatic carbocycles. The van der Waals surface area contributed by atoms with E-state index in [4.69, 9.17) is 0 Å². The van der Waals surface area contributed by atoms with Crippen LogP contribution in [0.5, 0.6) is 0 Å². The van der Waals surface area contributed by atoms with Crippen LogP contribution in [0.25, 0.3) is 0 Å². The Morgan fingerprint density at radius 1 is 1.57 bits per heavy atom. The summed E-state index contributed by atoms with van der Waals surface area (Å²) in [6.07, 6.45) is 3.39. The standard InChI is InChI=1S/C15H20N2O4/c1-11-4-3-7-15(19,9-11)10-16-14(18)12-5-2-6-13(8-12)17(20)21/h2,5-6,8,11,19H,3-4,7,9-10H2,1H3,(H,16,18). The normalized spacial score (nSPS) is 25.3. The summed E-state index contributed by atoms with van der Waals surface area (Å²) in [6, 6.07) is 5.58. The highest BCUT2D eigenvalue weighted by molar-refractivity contribution is 5.94. The van der Waals surface area contributed by atoms with Crippen molar-refractivity contribution in [3.63, 3.8) is 0 Å². The van der Waals surface area contributed by atoms with Gasteiger partial charge in [0.05, 0.1) is 10.5 Å². The third kappa shape index (κ3) is 4.01. The third-order valence-electron chi connectivity index (χ3n) is 3.96. The molecule has 1 amide bonds. The Kier molecular flexibility index (Phi) is 4.57. The number of benzene rings is 1. The number of nitro groups is 1. The molecule has 114 valence electrons. The molecule has 0 aromatic heterocycles. The first kappa shape index (κ1) is 15.4. The molecule has 0 bridgehead atoms. The van der Waals surface area contributed by atoms with Crippen LogP contribution in [0.2, 0.25) is 0 Å². The molecular weight excluding hydrogens is 272 g/mol. The molecule has 1 saturated carbocycles. The summed E-state index contributed by atoms with van der Waals surface area (Å²) in [5.74, 6) is 0.0452. The van der Waals surface area contributed by atoms with E-state index in [2.05, 4.69) is 12.2 Å². The lowest BCUT2D eigenvalue weighted by molar-refractivity contribution is -0.384. The van der Waals surface area contributed by atoms with Crippen LogP contribution in [0, 0.1) is 16.0 Å². The zero-order valence-electron chi connectivity index (χ0n) is 12.0. The van der Waals surface area contributed by atoms with E-state index in [9.17, 15) is 20.0 Å². The van der Waals surface area contributed by atoms with Crippen LogP contribution in [0.4, 0.5) is 5.69 Å². The number of hydrogen-bond donors (Lipinski definition) is 2. The van der Waals surface area contributed by atoms with Crippen LogP contribution in [0.1, 0.15) is 43.0 Å². The first-order valence-electron chi connectivity index (χ1n) is 7.15. The van der Waals surface area contributed by atoms with E-state index in [1.165, 1.54) is 24.3 Å². The van der Waals surface area contributed by atoms with Crippen molar-refractivity contribution in [2.75, 3.05) is 6.54 Å². The minimum atomic E-state index is -0.867. The van der Waals surface area contributed by atoms with Gasteiger partial charge in [-0.2, -0.15) is 0 Å². The van der Waals surface area contributed by atoms with Gasteiger partial charge in [-0.3, -0.25) is 14.9 Å². The number of rotatable bonds is 4. The van der Waals surface area contributed by atoms with Crippen molar-refractivity contribution in [2.24, 2.45) is 5.92 Å². The Labute approximate surface area is 123 Å². The number of nitrogens with one attached hydrogen (secondary N) is 1. The average molecular weight is 292 g/mol. The van der Waals surface area contributed by atoms with Gasteiger partial charge in [-0.15, -0.1) is 0 Å². The van der Waals surface area contributed by atoms with Gasteiger partial charge in [0.1, 0.15) is 0 Å². The molecule has 0 aliphatic heterocycles. The molecule has 0 spiro atoms. The van der Waals surface area contributed by atoms with Gasteiger partial charge >= 0.3 is 0 Å². The van der Waals surface area contributed by atoms with Crippen LogP contribution >= 0.6 is 0 Å². The summed E-state index contributed by atoms with van der Waals surface area (Å²) in [5, 5.41) is 23.8. The van der Waals surface area contributed by atoms with Crippen molar-refractivity contribution in [1.82, 2.24) is 5.32 Å². The average Bonchev–Trinajstić information content (AvgIpc) is 2.44. The van der Waals surface area contributed by atoms with E-state index in [1.807, 2.05) is 0 Å². The molecule has 0 saturated heterocycles. The van der Waals surface area contributed by atoms with Gasteiger partial charge in [-0.25, -0.2) is 0 Å². The minimum Gasteiger partial charge on any atom is -0.388 e. The fourth-order valence-corrected chi connectivity index (χ4v) is 2.90. The van der Waals surface area contributed by atoms with Crippen molar-refractivity contribution in [1.29, 1.82) is 0 Å². The van der Waals surface area contributed by atoms with E-state index < -0.39 is 16.4 Å².